The van der Waals surface area contributed by atoms with Crippen molar-refractivity contribution >= 4 is 0 Å². The number of hydrogen-bond donors (Lipinski definition) is 0. The van der Waals surface area contributed by atoms with Crippen molar-refractivity contribution in [1.29, 1.82) is 0 Å². The summed E-state index contributed by atoms with van der Waals surface area (Å²) in [4.78, 5) is 0. The summed E-state index contributed by atoms with van der Waals surface area (Å²) < 4.78 is 6.30. The van der Waals surface area contributed by atoms with E-state index in [1.807, 2.05) is 0 Å². The summed E-state index contributed by atoms with van der Waals surface area (Å²) in [6, 6.07) is 17.9. The highest BCUT2D eigenvalue weighted by Crippen LogP contribution is 2.30. The van der Waals surface area contributed by atoms with Crippen molar-refractivity contribution in [2.45, 2.75) is 84.8 Å². The van der Waals surface area contributed by atoms with Crippen molar-refractivity contribution in [3.63, 3.8) is 0 Å². The molecule has 0 aromatic heterocycles. The lowest BCUT2D eigenvalue weighted by atomic mass is 9.91. The Morgan fingerprint density at radius 3 is 1.46 bits per heavy atom. The SMILES string of the molecule is CCCC(CC)c1ccc(C(C)OC(C)c2ccc(C(C)C)cc2)cc1. The Balaban J connectivity index is 2.01. The van der Waals surface area contributed by atoms with Gasteiger partial charge in [-0.2, -0.15) is 0 Å². The summed E-state index contributed by atoms with van der Waals surface area (Å²) in [5, 5.41) is 0. The summed E-state index contributed by atoms with van der Waals surface area (Å²) >= 11 is 0. The van der Waals surface area contributed by atoms with Gasteiger partial charge in [0.05, 0.1) is 12.2 Å². The summed E-state index contributed by atoms with van der Waals surface area (Å²) in [5.41, 5.74) is 5.34. The molecule has 3 unspecified atom stereocenters. The van der Waals surface area contributed by atoms with Crippen molar-refractivity contribution in [2.75, 3.05) is 0 Å². The topological polar surface area (TPSA) is 9.23 Å². The molecule has 2 aromatic carbocycles. The Labute approximate surface area is 160 Å². The molecule has 1 heteroatoms. The molecule has 0 aliphatic carbocycles. The Kier molecular flexibility index (Phi) is 7.90. The van der Waals surface area contributed by atoms with Crippen molar-refractivity contribution in [3.05, 3.63) is 70.8 Å². The fourth-order valence-electron chi connectivity index (χ4n) is 3.61. The van der Waals surface area contributed by atoms with Crippen LogP contribution in [0.1, 0.15) is 107 Å². The highest BCUT2D eigenvalue weighted by atomic mass is 16.5. The molecular weight excluding hydrogens is 316 g/mol. The van der Waals surface area contributed by atoms with Crippen LogP contribution in [0.15, 0.2) is 48.5 Å². The first-order valence-corrected chi connectivity index (χ1v) is 10.3. The Morgan fingerprint density at radius 1 is 0.654 bits per heavy atom. The van der Waals surface area contributed by atoms with E-state index in [1.54, 1.807) is 0 Å². The molecule has 0 spiro atoms. The third-order valence-electron chi connectivity index (χ3n) is 5.49. The van der Waals surface area contributed by atoms with E-state index in [0.29, 0.717) is 11.8 Å². The summed E-state index contributed by atoms with van der Waals surface area (Å²) in [6.07, 6.45) is 3.91. The lowest BCUT2D eigenvalue weighted by Gasteiger charge is -2.21. The zero-order chi connectivity index (χ0) is 19.1. The van der Waals surface area contributed by atoms with Gasteiger partial charge < -0.3 is 4.74 Å². The predicted octanol–water partition coefficient (Wildman–Crippen LogP) is 7.94. The minimum Gasteiger partial charge on any atom is -0.366 e. The van der Waals surface area contributed by atoms with Gasteiger partial charge >= 0.3 is 0 Å². The standard InChI is InChI=1S/C25H36O/c1-7-9-21(8-2)25-16-14-24(15-17-25)20(6)26-19(5)23-12-10-22(11-13-23)18(3)4/h10-21H,7-9H2,1-6H3. The maximum atomic E-state index is 6.30. The second kappa shape index (κ2) is 9.92. The lowest BCUT2D eigenvalue weighted by Crippen LogP contribution is -2.06. The van der Waals surface area contributed by atoms with Crippen LogP contribution in [-0.4, -0.2) is 0 Å². The first kappa shape index (κ1) is 20.7. The molecule has 0 bridgehead atoms. The number of benzene rings is 2. The maximum Gasteiger partial charge on any atom is 0.0805 e. The van der Waals surface area contributed by atoms with Crippen molar-refractivity contribution in [3.8, 4) is 0 Å². The number of ether oxygens (including phenoxy) is 1. The van der Waals surface area contributed by atoms with Gasteiger partial charge in [0.1, 0.15) is 0 Å². The third-order valence-corrected chi connectivity index (χ3v) is 5.49. The van der Waals surface area contributed by atoms with Gasteiger partial charge in [-0.05, 0) is 60.8 Å². The molecule has 0 radical (unpaired) electrons. The molecule has 0 aliphatic rings. The van der Waals surface area contributed by atoms with Crippen LogP contribution in [0.3, 0.4) is 0 Å². The van der Waals surface area contributed by atoms with Crippen LogP contribution >= 0.6 is 0 Å². The third kappa shape index (κ3) is 5.45. The quantitative estimate of drug-likeness (QED) is 0.445. The van der Waals surface area contributed by atoms with Crippen LogP contribution in [0.4, 0.5) is 0 Å². The van der Waals surface area contributed by atoms with E-state index in [4.69, 9.17) is 4.74 Å². The molecule has 0 saturated carbocycles. The van der Waals surface area contributed by atoms with Gasteiger partial charge in [0.25, 0.3) is 0 Å². The van der Waals surface area contributed by atoms with Gasteiger partial charge in [-0.3, -0.25) is 0 Å². The summed E-state index contributed by atoms with van der Waals surface area (Å²) in [6.45, 7) is 13.3. The highest BCUT2D eigenvalue weighted by molar-refractivity contribution is 5.28. The molecule has 0 aliphatic heterocycles. The van der Waals surface area contributed by atoms with Crippen LogP contribution in [0.2, 0.25) is 0 Å². The first-order chi connectivity index (χ1) is 12.5. The van der Waals surface area contributed by atoms with Crippen LogP contribution < -0.4 is 0 Å². The maximum absolute atomic E-state index is 6.30. The zero-order valence-electron chi connectivity index (χ0n) is 17.5. The van der Waals surface area contributed by atoms with E-state index in [-0.39, 0.29) is 12.2 Å². The molecule has 3 atom stereocenters. The Hall–Kier alpha value is -1.60. The van der Waals surface area contributed by atoms with E-state index in [2.05, 4.69) is 90.1 Å². The van der Waals surface area contributed by atoms with Gasteiger partial charge in [0.2, 0.25) is 0 Å². The molecule has 0 N–H and O–H groups in total. The van der Waals surface area contributed by atoms with Crippen molar-refractivity contribution in [1.82, 2.24) is 0 Å². The summed E-state index contributed by atoms with van der Waals surface area (Å²) in [7, 11) is 0. The first-order valence-electron chi connectivity index (χ1n) is 10.3. The van der Waals surface area contributed by atoms with Crippen LogP contribution in [0.25, 0.3) is 0 Å². The second-order valence-electron chi connectivity index (χ2n) is 7.80. The van der Waals surface area contributed by atoms with Crippen LogP contribution in [-0.2, 0) is 4.74 Å². The predicted molar refractivity (Wildman–Crippen MR) is 113 cm³/mol. The Bertz CT molecular complexity index is 639. The molecule has 2 rings (SSSR count). The molecule has 0 fully saturated rings. The van der Waals surface area contributed by atoms with Crippen LogP contribution in [0.5, 0.6) is 0 Å². The van der Waals surface area contributed by atoms with E-state index in [1.165, 1.54) is 41.5 Å². The van der Waals surface area contributed by atoms with E-state index < -0.39 is 0 Å². The highest BCUT2D eigenvalue weighted by Gasteiger charge is 2.14. The average Bonchev–Trinajstić information content (AvgIpc) is 2.66. The molecule has 142 valence electrons. The molecule has 0 saturated heterocycles. The molecule has 1 nitrogen and oxygen atoms in total. The minimum atomic E-state index is 0.0920. The zero-order valence-corrected chi connectivity index (χ0v) is 17.5. The van der Waals surface area contributed by atoms with Crippen LogP contribution in [0, 0.1) is 0 Å². The number of hydrogen-bond acceptors (Lipinski definition) is 1. The normalized spacial score (nSPS) is 15.0. The lowest BCUT2D eigenvalue weighted by molar-refractivity contribution is 0.00584. The number of rotatable bonds is 9. The summed E-state index contributed by atoms with van der Waals surface area (Å²) in [5.74, 6) is 1.25. The average molecular weight is 353 g/mol. The Morgan fingerprint density at radius 2 is 1.08 bits per heavy atom. The molecular formula is C25H36O. The van der Waals surface area contributed by atoms with E-state index >= 15 is 0 Å². The van der Waals surface area contributed by atoms with Gasteiger partial charge in [0, 0.05) is 0 Å². The van der Waals surface area contributed by atoms with Gasteiger partial charge in [0.15, 0.2) is 0 Å². The molecule has 26 heavy (non-hydrogen) atoms. The minimum absolute atomic E-state index is 0.0920. The molecule has 0 amide bonds. The fourth-order valence-corrected chi connectivity index (χ4v) is 3.61. The van der Waals surface area contributed by atoms with E-state index in [9.17, 15) is 0 Å². The van der Waals surface area contributed by atoms with Gasteiger partial charge in [-0.1, -0.05) is 82.6 Å². The van der Waals surface area contributed by atoms with Crippen molar-refractivity contribution < 1.29 is 4.74 Å². The van der Waals surface area contributed by atoms with Gasteiger partial charge in [-0.25, -0.2) is 0 Å². The monoisotopic (exact) mass is 352 g/mol. The second-order valence-corrected chi connectivity index (χ2v) is 7.80. The molecule has 0 heterocycles. The van der Waals surface area contributed by atoms with Crippen molar-refractivity contribution in [2.24, 2.45) is 0 Å². The van der Waals surface area contributed by atoms with E-state index in [0.717, 1.165) is 0 Å². The van der Waals surface area contributed by atoms with Gasteiger partial charge in [-0.15, -0.1) is 0 Å². The smallest absolute Gasteiger partial charge is 0.0805 e. The fraction of sp³-hybridized carbons (Fsp3) is 0.520. The largest absolute Gasteiger partial charge is 0.366 e. The molecule has 2 aromatic rings.